The van der Waals surface area contributed by atoms with Crippen molar-refractivity contribution in [3.05, 3.63) is 45.9 Å². The summed E-state index contributed by atoms with van der Waals surface area (Å²) in [5.74, 6) is 0.355. The number of halogens is 2. The van der Waals surface area contributed by atoms with Gasteiger partial charge in [-0.1, -0.05) is 12.1 Å². The third kappa shape index (κ3) is 2.28. The molecule has 0 saturated carbocycles. The van der Waals surface area contributed by atoms with E-state index >= 15 is 0 Å². The minimum absolute atomic E-state index is 0.315. The third-order valence-corrected chi connectivity index (χ3v) is 3.20. The maximum Gasteiger partial charge on any atom is 0.142 e. The molecule has 1 aliphatic heterocycles. The highest BCUT2D eigenvalue weighted by Crippen LogP contribution is 2.28. The average molecular weight is 286 g/mol. The van der Waals surface area contributed by atoms with Crippen molar-refractivity contribution in [2.45, 2.75) is 18.9 Å². The van der Waals surface area contributed by atoms with Crippen LogP contribution in [0.5, 0.6) is 0 Å². The molecule has 1 aliphatic rings. The Labute approximate surface area is 102 Å². The molecule has 0 saturated heterocycles. The lowest BCUT2D eigenvalue weighted by molar-refractivity contribution is 0.175. The molecular weight excluding hydrogens is 273 g/mol. The van der Waals surface area contributed by atoms with Gasteiger partial charge >= 0.3 is 0 Å². The zero-order chi connectivity index (χ0) is 11.5. The van der Waals surface area contributed by atoms with Crippen LogP contribution in [-0.4, -0.2) is 6.61 Å². The molecule has 0 amide bonds. The number of hydrogen-bond donors (Lipinski definition) is 1. The maximum atomic E-state index is 13.8. The summed E-state index contributed by atoms with van der Waals surface area (Å²) in [6.45, 7) is 0.662. The molecule has 0 fully saturated rings. The van der Waals surface area contributed by atoms with Gasteiger partial charge in [-0.25, -0.2) is 4.39 Å². The lowest BCUT2D eigenvalue weighted by Crippen LogP contribution is -2.19. The van der Waals surface area contributed by atoms with Gasteiger partial charge in [-0.2, -0.15) is 0 Å². The van der Waals surface area contributed by atoms with Gasteiger partial charge in [-0.3, -0.25) is 0 Å². The molecule has 1 aromatic rings. The Morgan fingerprint density at radius 2 is 2.25 bits per heavy atom. The first-order valence-corrected chi connectivity index (χ1v) is 6.02. The number of nitrogens with two attached hydrogens (primary N) is 1. The molecule has 16 heavy (non-hydrogen) atoms. The van der Waals surface area contributed by atoms with Crippen molar-refractivity contribution in [2.24, 2.45) is 5.73 Å². The molecule has 0 aromatic heterocycles. The summed E-state index contributed by atoms with van der Waals surface area (Å²) in [6, 6.07) is 4.59. The van der Waals surface area contributed by atoms with E-state index in [0.29, 0.717) is 22.4 Å². The highest BCUT2D eigenvalue weighted by molar-refractivity contribution is 9.10. The predicted octanol–water partition coefficient (Wildman–Crippen LogP) is 3.28. The van der Waals surface area contributed by atoms with Crippen molar-refractivity contribution in [1.82, 2.24) is 0 Å². The number of hydrogen-bond acceptors (Lipinski definition) is 2. The Hall–Kier alpha value is -0.870. The highest BCUT2D eigenvalue weighted by atomic mass is 79.9. The summed E-state index contributed by atoms with van der Waals surface area (Å²) in [5.41, 5.74) is 6.45. The van der Waals surface area contributed by atoms with E-state index in [1.165, 1.54) is 0 Å². The van der Waals surface area contributed by atoms with Crippen LogP contribution in [0.15, 0.2) is 34.5 Å². The van der Waals surface area contributed by atoms with E-state index in [1.54, 1.807) is 18.2 Å². The first kappa shape index (κ1) is 11.6. The van der Waals surface area contributed by atoms with Crippen LogP contribution in [0.25, 0.3) is 0 Å². The van der Waals surface area contributed by atoms with E-state index in [2.05, 4.69) is 15.9 Å². The summed E-state index contributed by atoms with van der Waals surface area (Å²) in [7, 11) is 0. The second-order valence-electron chi connectivity index (χ2n) is 3.72. The second kappa shape index (κ2) is 4.97. The van der Waals surface area contributed by atoms with Crippen LogP contribution in [0.3, 0.4) is 0 Å². The van der Waals surface area contributed by atoms with E-state index in [9.17, 15) is 4.39 Å². The van der Waals surface area contributed by atoms with Gasteiger partial charge in [0, 0.05) is 5.56 Å². The van der Waals surface area contributed by atoms with Crippen LogP contribution in [0.1, 0.15) is 24.4 Å². The van der Waals surface area contributed by atoms with Gasteiger partial charge in [0.15, 0.2) is 0 Å². The zero-order valence-electron chi connectivity index (χ0n) is 8.75. The molecule has 86 valence electrons. The molecule has 1 unspecified atom stereocenters. The molecular formula is C12H13BrFNO. The molecule has 4 heteroatoms. The second-order valence-corrected chi connectivity index (χ2v) is 4.57. The van der Waals surface area contributed by atoms with Crippen LogP contribution in [0.2, 0.25) is 0 Å². The summed E-state index contributed by atoms with van der Waals surface area (Å²) in [6.07, 6.45) is 3.88. The van der Waals surface area contributed by atoms with Crippen LogP contribution < -0.4 is 5.73 Å². The van der Waals surface area contributed by atoms with Gasteiger partial charge in [0.1, 0.15) is 11.6 Å². The topological polar surface area (TPSA) is 35.2 Å². The smallest absolute Gasteiger partial charge is 0.142 e. The van der Waals surface area contributed by atoms with Crippen molar-refractivity contribution < 1.29 is 9.13 Å². The molecule has 1 aromatic carbocycles. The van der Waals surface area contributed by atoms with Crippen molar-refractivity contribution in [3.8, 4) is 0 Å². The molecule has 2 N–H and O–H groups in total. The first-order valence-electron chi connectivity index (χ1n) is 5.22. The molecule has 0 radical (unpaired) electrons. The van der Waals surface area contributed by atoms with E-state index in [0.717, 1.165) is 12.8 Å². The van der Waals surface area contributed by atoms with Crippen molar-refractivity contribution in [1.29, 1.82) is 0 Å². The van der Waals surface area contributed by atoms with E-state index in [4.69, 9.17) is 10.5 Å². The van der Waals surface area contributed by atoms with Gasteiger partial charge < -0.3 is 10.5 Å². The largest absolute Gasteiger partial charge is 0.496 e. The monoisotopic (exact) mass is 285 g/mol. The van der Waals surface area contributed by atoms with Crippen molar-refractivity contribution in [2.75, 3.05) is 6.61 Å². The summed E-state index contributed by atoms with van der Waals surface area (Å²) >= 11 is 3.15. The normalized spacial score (nSPS) is 17.6. The number of ether oxygens (including phenoxy) is 1. The average Bonchev–Trinajstić information content (AvgIpc) is 2.33. The molecule has 0 bridgehead atoms. The summed E-state index contributed by atoms with van der Waals surface area (Å²) in [5, 5.41) is 0. The maximum absolute atomic E-state index is 13.8. The minimum Gasteiger partial charge on any atom is -0.496 e. The van der Waals surface area contributed by atoms with Crippen LogP contribution in [-0.2, 0) is 4.74 Å². The molecule has 1 heterocycles. The fourth-order valence-electron chi connectivity index (χ4n) is 1.71. The van der Waals surface area contributed by atoms with Crippen LogP contribution in [0, 0.1) is 5.82 Å². The van der Waals surface area contributed by atoms with E-state index in [-0.39, 0.29) is 5.82 Å². The van der Waals surface area contributed by atoms with Crippen molar-refractivity contribution >= 4 is 15.9 Å². The molecule has 0 aliphatic carbocycles. The van der Waals surface area contributed by atoms with Gasteiger partial charge in [-0.15, -0.1) is 0 Å². The summed E-state index contributed by atoms with van der Waals surface area (Å²) in [4.78, 5) is 0. The number of benzene rings is 1. The lowest BCUT2D eigenvalue weighted by Gasteiger charge is -2.21. The third-order valence-electron chi connectivity index (χ3n) is 2.59. The van der Waals surface area contributed by atoms with Crippen molar-refractivity contribution in [3.63, 3.8) is 0 Å². The van der Waals surface area contributed by atoms with Crippen LogP contribution in [0.4, 0.5) is 4.39 Å². The van der Waals surface area contributed by atoms with Gasteiger partial charge in [0.2, 0.25) is 0 Å². The minimum atomic E-state index is -0.516. The SMILES string of the molecule is NC(C1=CCCCO1)c1cccc(Br)c1F. The fourth-order valence-corrected chi connectivity index (χ4v) is 2.09. The standard InChI is InChI=1S/C12H13BrFNO/c13-9-5-3-4-8(11(9)14)12(15)10-6-1-2-7-16-10/h3-6,12H,1-2,7,15H2. The molecule has 1 atom stereocenters. The Kier molecular flexibility index (Phi) is 3.61. The Balaban J connectivity index is 2.29. The quantitative estimate of drug-likeness (QED) is 0.905. The van der Waals surface area contributed by atoms with E-state index in [1.807, 2.05) is 6.08 Å². The Bertz CT molecular complexity index is 419. The number of rotatable bonds is 2. The molecule has 0 spiro atoms. The Morgan fingerprint density at radius 1 is 1.44 bits per heavy atom. The zero-order valence-corrected chi connectivity index (χ0v) is 10.3. The lowest BCUT2D eigenvalue weighted by atomic mass is 10.0. The van der Waals surface area contributed by atoms with Crippen LogP contribution >= 0.6 is 15.9 Å². The Morgan fingerprint density at radius 3 is 2.94 bits per heavy atom. The number of allylic oxidation sites excluding steroid dienone is 1. The van der Waals surface area contributed by atoms with E-state index < -0.39 is 6.04 Å². The summed E-state index contributed by atoms with van der Waals surface area (Å²) < 4.78 is 19.7. The van der Waals surface area contributed by atoms with Gasteiger partial charge in [0.25, 0.3) is 0 Å². The molecule has 2 rings (SSSR count). The molecule has 2 nitrogen and oxygen atoms in total. The van der Waals surface area contributed by atoms with Gasteiger partial charge in [0.05, 0.1) is 17.1 Å². The fraction of sp³-hybridized carbons (Fsp3) is 0.333. The highest BCUT2D eigenvalue weighted by Gasteiger charge is 2.19. The van der Waals surface area contributed by atoms with Gasteiger partial charge in [-0.05, 0) is 40.9 Å². The predicted molar refractivity (Wildman–Crippen MR) is 64.3 cm³/mol. The first-order chi connectivity index (χ1) is 7.70.